The number of fused-ring (bicyclic) bond motifs is 1. The van der Waals surface area contributed by atoms with E-state index in [1.165, 1.54) is 6.07 Å². The smallest absolute Gasteiger partial charge is 0.273 e. The minimum atomic E-state index is -0.328. The van der Waals surface area contributed by atoms with Crippen LogP contribution in [0.1, 0.15) is 47.4 Å². The first-order valence-electron chi connectivity index (χ1n) is 9.57. The molecule has 2 aromatic carbocycles. The van der Waals surface area contributed by atoms with Crippen molar-refractivity contribution in [2.75, 3.05) is 13.7 Å². The number of nitrogens with one attached hydrogen (secondary N) is 1. The van der Waals surface area contributed by atoms with Crippen molar-refractivity contribution < 1.29 is 14.6 Å². The molecular formula is C22H22ClN3O3. The first-order valence-corrected chi connectivity index (χ1v) is 9.95. The molecule has 0 saturated heterocycles. The number of carbonyl (C=O) groups excluding carboxylic acids is 1. The number of phenolic OH excluding ortho intramolecular Hbond substituents is 1. The van der Waals surface area contributed by atoms with Crippen LogP contribution in [0.3, 0.4) is 0 Å². The van der Waals surface area contributed by atoms with Crippen molar-refractivity contribution >= 4 is 17.5 Å². The zero-order chi connectivity index (χ0) is 20.5. The van der Waals surface area contributed by atoms with E-state index in [9.17, 15) is 9.90 Å². The second kappa shape index (κ2) is 7.79. The number of halogens is 1. The van der Waals surface area contributed by atoms with E-state index in [1.807, 2.05) is 29.2 Å². The van der Waals surface area contributed by atoms with Crippen molar-refractivity contribution in [2.45, 2.75) is 25.8 Å². The van der Waals surface area contributed by atoms with Gasteiger partial charge in [0, 0.05) is 22.7 Å². The molecule has 29 heavy (non-hydrogen) atoms. The van der Waals surface area contributed by atoms with Crippen LogP contribution < -0.4 is 4.74 Å². The number of nitrogens with zero attached hydrogens (tertiary/aromatic N) is 2. The van der Waals surface area contributed by atoms with Gasteiger partial charge in [-0.05, 0) is 42.3 Å². The Bertz CT molecular complexity index is 1060. The molecule has 1 amide bonds. The number of hydrogen-bond acceptors (Lipinski definition) is 4. The van der Waals surface area contributed by atoms with Gasteiger partial charge in [0.15, 0.2) is 0 Å². The molecule has 0 aliphatic carbocycles. The maximum absolute atomic E-state index is 13.2. The van der Waals surface area contributed by atoms with Crippen LogP contribution in [0.25, 0.3) is 11.3 Å². The number of unbranched alkanes of at least 4 members (excludes halogenated alkanes) is 1. The van der Waals surface area contributed by atoms with Crippen LogP contribution in [0.15, 0.2) is 42.5 Å². The van der Waals surface area contributed by atoms with Crippen molar-refractivity contribution in [1.29, 1.82) is 0 Å². The van der Waals surface area contributed by atoms with Gasteiger partial charge >= 0.3 is 0 Å². The predicted octanol–water partition coefficient (Wildman–Crippen LogP) is 4.79. The van der Waals surface area contributed by atoms with Crippen molar-refractivity contribution in [3.8, 4) is 22.8 Å². The summed E-state index contributed by atoms with van der Waals surface area (Å²) >= 11 is 6.16. The van der Waals surface area contributed by atoms with Gasteiger partial charge in [0.1, 0.15) is 22.9 Å². The molecule has 0 spiro atoms. The Labute approximate surface area is 174 Å². The van der Waals surface area contributed by atoms with E-state index < -0.39 is 0 Å². The maximum Gasteiger partial charge on any atom is 0.273 e. The molecule has 2 heterocycles. The summed E-state index contributed by atoms with van der Waals surface area (Å²) in [5.41, 5.74) is 3.14. The number of aromatic amines is 1. The van der Waals surface area contributed by atoms with Crippen LogP contribution in [0.4, 0.5) is 0 Å². The van der Waals surface area contributed by atoms with Gasteiger partial charge in [0.2, 0.25) is 0 Å². The fourth-order valence-corrected chi connectivity index (χ4v) is 3.99. The highest BCUT2D eigenvalue weighted by molar-refractivity contribution is 6.31. The van der Waals surface area contributed by atoms with Gasteiger partial charge < -0.3 is 14.7 Å². The lowest BCUT2D eigenvalue weighted by Gasteiger charge is -2.26. The molecule has 1 aliphatic heterocycles. The van der Waals surface area contributed by atoms with E-state index in [2.05, 4.69) is 17.1 Å². The first kappa shape index (κ1) is 19.3. The molecular weight excluding hydrogens is 390 g/mol. The number of H-pyrrole nitrogens is 1. The van der Waals surface area contributed by atoms with Gasteiger partial charge in [-0.1, -0.05) is 37.1 Å². The number of aromatic nitrogens is 2. The van der Waals surface area contributed by atoms with Crippen molar-refractivity contribution in [3.63, 3.8) is 0 Å². The minimum Gasteiger partial charge on any atom is -0.507 e. The SMILES string of the molecule is CCCCN1C(=O)c2[nH]nc(-c3cc(Cl)ccc3O)c2C1c1cccc(OC)c1. The molecule has 2 N–H and O–H groups in total. The Morgan fingerprint density at radius 2 is 2.10 bits per heavy atom. The molecule has 1 aliphatic rings. The third kappa shape index (κ3) is 3.34. The second-order valence-corrected chi connectivity index (χ2v) is 7.49. The van der Waals surface area contributed by atoms with Crippen molar-refractivity contribution in [3.05, 3.63) is 64.3 Å². The van der Waals surface area contributed by atoms with Gasteiger partial charge in [-0.25, -0.2) is 0 Å². The largest absolute Gasteiger partial charge is 0.507 e. The highest BCUT2D eigenvalue weighted by atomic mass is 35.5. The molecule has 7 heteroatoms. The average Bonchev–Trinajstić information content (AvgIpc) is 3.27. The summed E-state index contributed by atoms with van der Waals surface area (Å²) in [6.45, 7) is 2.72. The molecule has 6 nitrogen and oxygen atoms in total. The molecule has 1 atom stereocenters. The van der Waals surface area contributed by atoms with Gasteiger partial charge in [0.05, 0.1) is 13.2 Å². The Kier molecular flexibility index (Phi) is 5.20. The highest BCUT2D eigenvalue weighted by Gasteiger charge is 2.42. The molecule has 0 bridgehead atoms. The molecule has 0 radical (unpaired) electrons. The normalized spacial score (nSPS) is 15.6. The van der Waals surface area contributed by atoms with Crippen LogP contribution in [0.2, 0.25) is 5.02 Å². The van der Waals surface area contributed by atoms with Crippen LogP contribution in [0, 0.1) is 0 Å². The van der Waals surface area contributed by atoms with Crippen molar-refractivity contribution in [1.82, 2.24) is 15.1 Å². The van der Waals surface area contributed by atoms with Gasteiger partial charge in [-0.2, -0.15) is 5.10 Å². The van der Waals surface area contributed by atoms with Crippen LogP contribution >= 0.6 is 11.6 Å². The molecule has 1 aromatic heterocycles. The van der Waals surface area contributed by atoms with Gasteiger partial charge in [-0.3, -0.25) is 9.89 Å². The van der Waals surface area contributed by atoms with E-state index in [1.54, 1.807) is 19.2 Å². The molecule has 4 rings (SSSR count). The number of amides is 1. The summed E-state index contributed by atoms with van der Waals surface area (Å²) in [4.78, 5) is 15.0. The molecule has 0 saturated carbocycles. The summed E-state index contributed by atoms with van der Waals surface area (Å²) in [6, 6.07) is 12.2. The molecule has 3 aromatic rings. The van der Waals surface area contributed by atoms with Crippen LogP contribution in [-0.4, -0.2) is 39.8 Å². The minimum absolute atomic E-state index is 0.0625. The zero-order valence-corrected chi connectivity index (χ0v) is 17.0. The monoisotopic (exact) mass is 411 g/mol. The summed E-state index contributed by atoms with van der Waals surface area (Å²) in [7, 11) is 1.62. The van der Waals surface area contributed by atoms with E-state index in [4.69, 9.17) is 16.3 Å². The second-order valence-electron chi connectivity index (χ2n) is 7.05. The third-order valence-electron chi connectivity index (χ3n) is 5.24. The average molecular weight is 412 g/mol. The summed E-state index contributed by atoms with van der Waals surface area (Å²) < 4.78 is 5.39. The molecule has 0 fully saturated rings. The number of phenols is 1. The Hall–Kier alpha value is -2.99. The standard InChI is InChI=1S/C22H22ClN3O3/c1-3-4-10-26-21(13-6-5-7-15(11-13)29-2)18-19(24-25-20(18)22(26)28)16-12-14(23)8-9-17(16)27/h5-9,11-12,21,27H,3-4,10H2,1-2H3,(H,24,25). The first-order chi connectivity index (χ1) is 14.0. The summed E-state index contributed by atoms with van der Waals surface area (Å²) in [5.74, 6) is 0.684. The zero-order valence-electron chi connectivity index (χ0n) is 16.3. The Balaban J connectivity index is 1.90. The number of methoxy groups -OCH3 is 1. The van der Waals surface area contributed by atoms with Gasteiger partial charge in [-0.15, -0.1) is 0 Å². The summed E-state index contributed by atoms with van der Waals surface area (Å²) in [5, 5.41) is 18.2. The number of benzene rings is 2. The lowest BCUT2D eigenvalue weighted by Crippen LogP contribution is -2.30. The predicted molar refractivity (Wildman–Crippen MR) is 111 cm³/mol. The molecule has 1 unspecified atom stereocenters. The Morgan fingerprint density at radius 1 is 1.28 bits per heavy atom. The lowest BCUT2D eigenvalue weighted by atomic mass is 9.95. The number of aromatic hydroxyl groups is 1. The number of rotatable bonds is 6. The van der Waals surface area contributed by atoms with Gasteiger partial charge in [0.25, 0.3) is 5.91 Å². The maximum atomic E-state index is 13.2. The van der Waals surface area contributed by atoms with E-state index in [0.29, 0.717) is 28.5 Å². The van der Waals surface area contributed by atoms with Crippen LogP contribution in [0.5, 0.6) is 11.5 Å². The fourth-order valence-electron chi connectivity index (χ4n) is 3.82. The topological polar surface area (TPSA) is 78.5 Å². The summed E-state index contributed by atoms with van der Waals surface area (Å²) in [6.07, 6.45) is 1.87. The number of ether oxygens (including phenoxy) is 1. The lowest BCUT2D eigenvalue weighted by molar-refractivity contribution is 0.0741. The molecule has 150 valence electrons. The highest BCUT2D eigenvalue weighted by Crippen LogP contribution is 2.45. The van der Waals surface area contributed by atoms with E-state index in [0.717, 1.165) is 29.7 Å². The van der Waals surface area contributed by atoms with E-state index in [-0.39, 0.29) is 17.7 Å². The van der Waals surface area contributed by atoms with Crippen LogP contribution in [-0.2, 0) is 0 Å². The number of hydrogen-bond donors (Lipinski definition) is 2. The fraction of sp³-hybridized carbons (Fsp3) is 0.273. The van der Waals surface area contributed by atoms with Crippen molar-refractivity contribution in [2.24, 2.45) is 0 Å². The third-order valence-corrected chi connectivity index (χ3v) is 5.47. The number of carbonyl (C=O) groups is 1. The quantitative estimate of drug-likeness (QED) is 0.611. The van der Waals surface area contributed by atoms with E-state index >= 15 is 0 Å². The Morgan fingerprint density at radius 3 is 2.86 bits per heavy atom.